The van der Waals surface area contributed by atoms with Crippen LogP contribution in [0.15, 0.2) is 72.8 Å². The Bertz CT molecular complexity index is 1090. The van der Waals surface area contributed by atoms with Gasteiger partial charge in [-0.25, -0.2) is 0 Å². The highest BCUT2D eigenvalue weighted by atomic mass is 35.5. The van der Waals surface area contributed by atoms with E-state index in [0.717, 1.165) is 0 Å². The molecule has 0 aromatic heterocycles. The van der Waals surface area contributed by atoms with Gasteiger partial charge < -0.3 is 15.4 Å². The molecule has 0 saturated heterocycles. The van der Waals surface area contributed by atoms with Crippen LogP contribution in [0.2, 0.25) is 5.02 Å². The molecular formula is C23H18ClN3O3. The third kappa shape index (κ3) is 5.37. The van der Waals surface area contributed by atoms with E-state index in [-0.39, 0.29) is 16.5 Å². The fourth-order valence-electron chi connectivity index (χ4n) is 2.61. The molecule has 3 aromatic carbocycles. The van der Waals surface area contributed by atoms with Crippen LogP contribution in [0.1, 0.15) is 22.8 Å². The van der Waals surface area contributed by atoms with Gasteiger partial charge in [-0.3, -0.25) is 9.59 Å². The third-order valence-electron chi connectivity index (χ3n) is 4.18. The predicted molar refractivity (Wildman–Crippen MR) is 116 cm³/mol. The van der Waals surface area contributed by atoms with Crippen LogP contribution in [-0.4, -0.2) is 17.9 Å². The number of nitrogens with one attached hydrogen (secondary N) is 2. The van der Waals surface area contributed by atoms with Crippen molar-refractivity contribution >= 4 is 34.8 Å². The monoisotopic (exact) mass is 419 g/mol. The first-order chi connectivity index (χ1) is 14.5. The van der Waals surface area contributed by atoms with Gasteiger partial charge in [-0.15, -0.1) is 0 Å². The fraction of sp³-hybridized carbons (Fsp3) is 0.0870. The number of amides is 2. The van der Waals surface area contributed by atoms with E-state index in [1.807, 2.05) is 24.3 Å². The summed E-state index contributed by atoms with van der Waals surface area (Å²) in [6.45, 7) is 1.60. The van der Waals surface area contributed by atoms with Gasteiger partial charge >= 0.3 is 0 Å². The first-order valence-electron chi connectivity index (χ1n) is 9.10. The molecule has 150 valence electrons. The number of nitriles is 1. The van der Waals surface area contributed by atoms with E-state index in [9.17, 15) is 9.59 Å². The maximum Gasteiger partial charge on any atom is 0.265 e. The average molecular weight is 420 g/mol. The SMILES string of the molecule is CC(Oc1ccc(C#N)cc1)C(=O)Nc1ccc(Cl)c(C(=O)Nc2ccccc2)c1. The number of halogens is 1. The summed E-state index contributed by atoms with van der Waals surface area (Å²) < 4.78 is 5.60. The minimum Gasteiger partial charge on any atom is -0.481 e. The lowest BCUT2D eigenvalue weighted by atomic mass is 10.1. The molecule has 3 rings (SSSR count). The summed E-state index contributed by atoms with van der Waals surface area (Å²) in [5, 5.41) is 14.6. The van der Waals surface area contributed by atoms with Crippen LogP contribution in [0.5, 0.6) is 5.75 Å². The van der Waals surface area contributed by atoms with Gasteiger partial charge in [0.05, 0.1) is 22.2 Å². The average Bonchev–Trinajstić information content (AvgIpc) is 2.76. The van der Waals surface area contributed by atoms with E-state index in [1.54, 1.807) is 55.5 Å². The summed E-state index contributed by atoms with van der Waals surface area (Å²) in [5.74, 6) is -0.309. The van der Waals surface area contributed by atoms with Gasteiger partial charge in [-0.05, 0) is 61.5 Å². The van der Waals surface area contributed by atoms with Gasteiger partial charge in [0.25, 0.3) is 11.8 Å². The molecule has 0 radical (unpaired) electrons. The minimum atomic E-state index is -0.796. The first kappa shape index (κ1) is 20.9. The highest BCUT2D eigenvalue weighted by molar-refractivity contribution is 6.34. The Morgan fingerprint density at radius 1 is 0.967 bits per heavy atom. The summed E-state index contributed by atoms with van der Waals surface area (Å²) in [5.41, 5.74) is 1.79. The van der Waals surface area contributed by atoms with Crippen molar-refractivity contribution < 1.29 is 14.3 Å². The largest absolute Gasteiger partial charge is 0.481 e. The lowest BCUT2D eigenvalue weighted by molar-refractivity contribution is -0.122. The zero-order valence-corrected chi connectivity index (χ0v) is 16.8. The number of hydrogen-bond acceptors (Lipinski definition) is 4. The lowest BCUT2D eigenvalue weighted by Crippen LogP contribution is -2.30. The second kappa shape index (κ2) is 9.59. The summed E-state index contributed by atoms with van der Waals surface area (Å²) in [6, 6.07) is 22.1. The molecule has 0 aliphatic rings. The molecule has 6 nitrogen and oxygen atoms in total. The molecule has 0 bridgehead atoms. The molecule has 2 N–H and O–H groups in total. The zero-order chi connectivity index (χ0) is 21.5. The summed E-state index contributed by atoms with van der Waals surface area (Å²) >= 11 is 6.17. The van der Waals surface area contributed by atoms with E-state index < -0.39 is 12.0 Å². The summed E-state index contributed by atoms with van der Waals surface area (Å²) in [4.78, 5) is 25.0. The molecule has 30 heavy (non-hydrogen) atoms. The Kier molecular flexibility index (Phi) is 6.68. The molecule has 7 heteroatoms. The maximum atomic E-state index is 12.5. The Morgan fingerprint density at radius 2 is 1.67 bits per heavy atom. The van der Waals surface area contributed by atoms with Crippen molar-refractivity contribution in [1.29, 1.82) is 5.26 Å². The van der Waals surface area contributed by atoms with Crippen LogP contribution in [0.3, 0.4) is 0 Å². The molecule has 0 aliphatic heterocycles. The van der Waals surface area contributed by atoms with E-state index in [4.69, 9.17) is 21.6 Å². The number of carbonyl (C=O) groups excluding carboxylic acids is 2. The Hall–Kier alpha value is -3.82. The number of hydrogen-bond donors (Lipinski definition) is 2. The van der Waals surface area contributed by atoms with Gasteiger partial charge in [0.2, 0.25) is 0 Å². The van der Waals surface area contributed by atoms with Crippen LogP contribution >= 0.6 is 11.6 Å². The molecule has 0 spiro atoms. The van der Waals surface area contributed by atoms with Crippen LogP contribution < -0.4 is 15.4 Å². The second-order valence-corrected chi connectivity index (χ2v) is 6.81. The highest BCUT2D eigenvalue weighted by Gasteiger charge is 2.17. The fourth-order valence-corrected chi connectivity index (χ4v) is 2.81. The highest BCUT2D eigenvalue weighted by Crippen LogP contribution is 2.22. The van der Waals surface area contributed by atoms with Crippen LogP contribution in [0.4, 0.5) is 11.4 Å². The number of nitrogens with zero attached hydrogens (tertiary/aromatic N) is 1. The van der Waals surface area contributed by atoms with Crippen molar-refractivity contribution in [1.82, 2.24) is 0 Å². The lowest BCUT2D eigenvalue weighted by Gasteiger charge is -2.15. The minimum absolute atomic E-state index is 0.235. The molecular weight excluding hydrogens is 402 g/mol. The molecule has 0 saturated carbocycles. The maximum absolute atomic E-state index is 12.5. The van der Waals surface area contributed by atoms with Gasteiger partial charge in [-0.1, -0.05) is 29.8 Å². The normalized spacial score (nSPS) is 11.1. The van der Waals surface area contributed by atoms with Crippen molar-refractivity contribution in [2.75, 3.05) is 10.6 Å². The van der Waals surface area contributed by atoms with E-state index in [0.29, 0.717) is 22.7 Å². The summed E-state index contributed by atoms with van der Waals surface area (Å²) in [7, 11) is 0. The van der Waals surface area contributed by atoms with E-state index in [1.165, 1.54) is 6.07 Å². The number of carbonyl (C=O) groups is 2. The van der Waals surface area contributed by atoms with Crippen LogP contribution in [-0.2, 0) is 4.79 Å². The second-order valence-electron chi connectivity index (χ2n) is 6.40. The Labute approximate surface area is 179 Å². The molecule has 3 aromatic rings. The van der Waals surface area contributed by atoms with E-state index >= 15 is 0 Å². The Balaban J connectivity index is 1.67. The van der Waals surface area contributed by atoms with Gasteiger partial charge in [0.15, 0.2) is 6.10 Å². The van der Waals surface area contributed by atoms with Gasteiger partial charge in [0, 0.05) is 11.4 Å². The number of benzene rings is 3. The number of ether oxygens (including phenoxy) is 1. The topological polar surface area (TPSA) is 91.2 Å². The molecule has 1 atom stereocenters. The van der Waals surface area contributed by atoms with Gasteiger partial charge in [0.1, 0.15) is 5.75 Å². The van der Waals surface area contributed by atoms with Crippen molar-refractivity contribution in [2.45, 2.75) is 13.0 Å². The molecule has 0 aliphatic carbocycles. The van der Waals surface area contributed by atoms with Crippen molar-refractivity contribution in [3.63, 3.8) is 0 Å². The number of anilines is 2. The van der Waals surface area contributed by atoms with Crippen LogP contribution in [0, 0.1) is 11.3 Å². The predicted octanol–water partition coefficient (Wildman–Crippen LogP) is 4.87. The quantitative estimate of drug-likeness (QED) is 0.596. The van der Waals surface area contributed by atoms with Crippen molar-refractivity contribution in [3.8, 4) is 11.8 Å². The molecule has 0 heterocycles. The zero-order valence-electron chi connectivity index (χ0n) is 16.1. The van der Waals surface area contributed by atoms with Crippen molar-refractivity contribution in [3.05, 3.63) is 88.9 Å². The third-order valence-corrected chi connectivity index (χ3v) is 4.51. The molecule has 2 amide bonds. The molecule has 1 unspecified atom stereocenters. The standard InChI is InChI=1S/C23H18ClN3O3/c1-15(30-19-10-7-16(14-25)8-11-19)22(28)27-18-9-12-21(24)20(13-18)23(29)26-17-5-3-2-4-6-17/h2-13,15H,1H3,(H,26,29)(H,27,28). The van der Waals surface area contributed by atoms with Crippen LogP contribution in [0.25, 0.3) is 0 Å². The molecule has 0 fully saturated rings. The van der Waals surface area contributed by atoms with E-state index in [2.05, 4.69) is 10.6 Å². The van der Waals surface area contributed by atoms with Gasteiger partial charge in [-0.2, -0.15) is 5.26 Å². The Morgan fingerprint density at radius 3 is 2.33 bits per heavy atom. The summed E-state index contributed by atoms with van der Waals surface area (Å²) in [6.07, 6.45) is -0.796. The smallest absolute Gasteiger partial charge is 0.265 e. The van der Waals surface area contributed by atoms with Crippen molar-refractivity contribution in [2.24, 2.45) is 0 Å². The number of rotatable bonds is 6. The number of para-hydroxylation sites is 1. The first-order valence-corrected chi connectivity index (χ1v) is 9.47.